The molecule has 1 aromatic rings. The van der Waals surface area contributed by atoms with Gasteiger partial charge in [-0.3, -0.25) is 4.79 Å². The van der Waals surface area contributed by atoms with E-state index in [0.29, 0.717) is 4.88 Å². The lowest BCUT2D eigenvalue weighted by Crippen LogP contribution is -2.49. The Labute approximate surface area is 115 Å². The number of amides is 1. The molecule has 106 valence electrons. The summed E-state index contributed by atoms with van der Waals surface area (Å²) < 4.78 is 21.4. The van der Waals surface area contributed by atoms with Crippen LogP contribution in [0, 0.1) is 0 Å². The van der Waals surface area contributed by atoms with Crippen molar-refractivity contribution in [1.82, 2.24) is 5.32 Å². The lowest BCUT2D eigenvalue weighted by molar-refractivity contribution is -0.142. The normalized spacial score (nSPS) is 13.8. The number of hydrogen-bond acceptors (Lipinski definition) is 5. The molecule has 8 heteroatoms. The van der Waals surface area contributed by atoms with Crippen molar-refractivity contribution >= 4 is 33.1 Å². The molecule has 0 aliphatic heterocycles. The minimum absolute atomic E-state index is 0.435. The zero-order valence-electron chi connectivity index (χ0n) is 10.7. The van der Waals surface area contributed by atoms with Gasteiger partial charge in [-0.05, 0) is 25.3 Å². The highest BCUT2D eigenvalue weighted by molar-refractivity contribution is 7.92. The Balaban J connectivity index is 3.00. The fraction of sp³-hybridized carbons (Fsp3) is 0.455. The number of sulfone groups is 1. The number of nitrogens with one attached hydrogen (secondary N) is 1. The van der Waals surface area contributed by atoms with E-state index in [-0.39, 0.29) is 0 Å². The van der Waals surface area contributed by atoms with Crippen LogP contribution < -0.4 is 5.32 Å². The third-order valence-corrected chi connectivity index (χ3v) is 5.80. The molecule has 0 fully saturated rings. The number of carbonyl (C=O) groups is 2. The Morgan fingerprint density at radius 1 is 1.42 bits per heavy atom. The van der Waals surface area contributed by atoms with Crippen molar-refractivity contribution in [2.45, 2.75) is 24.6 Å². The van der Waals surface area contributed by atoms with Crippen LogP contribution in [0.5, 0.6) is 0 Å². The first-order valence-corrected chi connectivity index (χ1v) is 8.11. The highest BCUT2D eigenvalue weighted by atomic mass is 32.2. The average Bonchev–Trinajstić information content (AvgIpc) is 2.76. The van der Waals surface area contributed by atoms with Gasteiger partial charge in [0.25, 0.3) is 0 Å². The summed E-state index contributed by atoms with van der Waals surface area (Å²) in [6, 6.07) is 1.98. The van der Waals surface area contributed by atoms with Gasteiger partial charge in [-0.15, -0.1) is 11.3 Å². The first-order chi connectivity index (χ1) is 8.57. The van der Waals surface area contributed by atoms with E-state index in [1.54, 1.807) is 17.5 Å². The molecule has 1 heterocycles. The number of carboxylic acid groups (broad SMARTS) is 1. The molecule has 0 aliphatic carbocycles. The Bertz CT molecular complexity index is 574. The number of carboxylic acids is 1. The standard InChI is InChI=1S/C11H15NO5S2/c1-11(2,19(3,16)17)10(15)12-8(9(13)14)7-5-4-6-18-7/h4-6,8H,1-3H3,(H,12,15)(H,13,14). The number of aliphatic carboxylic acids is 1. The van der Waals surface area contributed by atoms with Crippen LogP contribution in [0.15, 0.2) is 17.5 Å². The van der Waals surface area contributed by atoms with Gasteiger partial charge in [-0.2, -0.15) is 0 Å². The van der Waals surface area contributed by atoms with Crippen LogP contribution in [0.4, 0.5) is 0 Å². The Morgan fingerprint density at radius 2 is 2.00 bits per heavy atom. The smallest absolute Gasteiger partial charge is 0.331 e. The van der Waals surface area contributed by atoms with Crippen molar-refractivity contribution in [3.63, 3.8) is 0 Å². The first-order valence-electron chi connectivity index (χ1n) is 5.34. The number of hydrogen-bond donors (Lipinski definition) is 2. The van der Waals surface area contributed by atoms with Crippen LogP contribution in [0.2, 0.25) is 0 Å². The van der Waals surface area contributed by atoms with Gasteiger partial charge in [-0.1, -0.05) is 6.07 Å². The van der Waals surface area contributed by atoms with Crippen LogP contribution in [0.3, 0.4) is 0 Å². The third kappa shape index (κ3) is 3.32. The number of rotatable bonds is 5. The Kier molecular flexibility index (Phi) is 4.36. The molecule has 2 N–H and O–H groups in total. The molecule has 0 spiro atoms. The maximum Gasteiger partial charge on any atom is 0.331 e. The lowest BCUT2D eigenvalue weighted by Gasteiger charge is -2.23. The molecule has 0 saturated carbocycles. The number of thiophene rings is 1. The van der Waals surface area contributed by atoms with Crippen molar-refractivity contribution in [3.8, 4) is 0 Å². The molecule has 6 nitrogen and oxygen atoms in total. The van der Waals surface area contributed by atoms with Crippen LogP contribution in [0.1, 0.15) is 24.8 Å². The first kappa shape index (κ1) is 15.6. The van der Waals surface area contributed by atoms with E-state index in [1.807, 2.05) is 0 Å². The van der Waals surface area contributed by atoms with Crippen LogP contribution in [-0.4, -0.2) is 36.4 Å². The summed E-state index contributed by atoms with van der Waals surface area (Å²) >= 11 is 1.17. The van der Waals surface area contributed by atoms with Gasteiger partial charge in [0.1, 0.15) is 4.75 Å². The molecule has 1 aromatic heterocycles. The summed E-state index contributed by atoms with van der Waals surface area (Å²) in [5.74, 6) is -2.07. The van der Waals surface area contributed by atoms with Gasteiger partial charge in [-0.25, -0.2) is 13.2 Å². The summed E-state index contributed by atoms with van der Waals surface area (Å²) in [5, 5.41) is 13.0. The molecule has 0 aliphatic rings. The van der Waals surface area contributed by atoms with Gasteiger partial charge >= 0.3 is 5.97 Å². The second kappa shape index (κ2) is 5.30. The van der Waals surface area contributed by atoms with Crippen LogP contribution >= 0.6 is 11.3 Å². The minimum atomic E-state index is -3.64. The van der Waals surface area contributed by atoms with Gasteiger partial charge in [0.05, 0.1) is 0 Å². The van der Waals surface area contributed by atoms with E-state index in [1.165, 1.54) is 25.2 Å². The van der Waals surface area contributed by atoms with Crippen molar-refractivity contribution in [1.29, 1.82) is 0 Å². The predicted molar refractivity (Wildman–Crippen MR) is 71.8 cm³/mol. The van der Waals surface area contributed by atoms with E-state index in [2.05, 4.69) is 5.32 Å². The summed E-state index contributed by atoms with van der Waals surface area (Å²) in [6.45, 7) is 2.48. The summed E-state index contributed by atoms with van der Waals surface area (Å²) in [5.41, 5.74) is 0. The Hall–Kier alpha value is -1.41. The van der Waals surface area contributed by atoms with E-state index >= 15 is 0 Å². The van der Waals surface area contributed by atoms with Gasteiger partial charge in [0.2, 0.25) is 5.91 Å². The predicted octanol–water partition coefficient (Wildman–Crippen LogP) is 0.813. The number of carbonyl (C=O) groups excluding carboxylic acids is 1. The molecule has 1 amide bonds. The highest BCUT2D eigenvalue weighted by Gasteiger charge is 2.40. The Morgan fingerprint density at radius 3 is 2.37 bits per heavy atom. The quantitative estimate of drug-likeness (QED) is 0.838. The molecule has 1 atom stereocenters. The summed E-state index contributed by atoms with van der Waals surface area (Å²) in [7, 11) is -3.64. The van der Waals surface area contributed by atoms with Crippen molar-refractivity contribution in [2.75, 3.05) is 6.26 Å². The summed E-state index contributed by atoms with van der Waals surface area (Å²) in [4.78, 5) is 23.6. The van der Waals surface area contributed by atoms with Crippen LogP contribution in [0.25, 0.3) is 0 Å². The molecule has 1 unspecified atom stereocenters. The molecular weight excluding hydrogens is 290 g/mol. The topological polar surface area (TPSA) is 101 Å². The van der Waals surface area contributed by atoms with Crippen molar-refractivity contribution in [2.24, 2.45) is 0 Å². The van der Waals surface area contributed by atoms with E-state index in [4.69, 9.17) is 5.11 Å². The van der Waals surface area contributed by atoms with Crippen LogP contribution in [-0.2, 0) is 19.4 Å². The fourth-order valence-corrected chi connectivity index (χ4v) is 2.35. The van der Waals surface area contributed by atoms with E-state index in [9.17, 15) is 18.0 Å². The van der Waals surface area contributed by atoms with Gasteiger partial charge < -0.3 is 10.4 Å². The molecule has 19 heavy (non-hydrogen) atoms. The fourth-order valence-electron chi connectivity index (χ4n) is 1.18. The highest BCUT2D eigenvalue weighted by Crippen LogP contribution is 2.22. The third-order valence-electron chi connectivity index (χ3n) is 2.82. The van der Waals surface area contributed by atoms with E-state index in [0.717, 1.165) is 6.26 Å². The molecule has 0 saturated heterocycles. The molecular formula is C11H15NO5S2. The molecule has 0 aromatic carbocycles. The van der Waals surface area contributed by atoms with Gasteiger partial charge in [0, 0.05) is 11.1 Å². The van der Waals surface area contributed by atoms with Gasteiger partial charge in [0.15, 0.2) is 15.9 Å². The molecule has 0 radical (unpaired) electrons. The average molecular weight is 305 g/mol. The SMILES string of the molecule is CC(C)(C(=O)NC(C(=O)O)c1cccs1)S(C)(=O)=O. The zero-order valence-corrected chi connectivity index (χ0v) is 12.3. The monoisotopic (exact) mass is 305 g/mol. The van der Waals surface area contributed by atoms with Crippen molar-refractivity contribution in [3.05, 3.63) is 22.4 Å². The maximum atomic E-state index is 12.0. The van der Waals surface area contributed by atoms with Crippen molar-refractivity contribution < 1.29 is 23.1 Å². The molecule has 0 bridgehead atoms. The minimum Gasteiger partial charge on any atom is -0.479 e. The van der Waals surface area contributed by atoms with E-state index < -0.39 is 32.5 Å². The maximum absolute atomic E-state index is 12.0. The molecule has 1 rings (SSSR count). The zero-order chi connectivity index (χ0) is 14.8. The second-order valence-corrected chi connectivity index (χ2v) is 8.09. The largest absolute Gasteiger partial charge is 0.479 e. The second-order valence-electron chi connectivity index (χ2n) is 4.54. The summed E-state index contributed by atoms with van der Waals surface area (Å²) in [6.07, 6.45) is 0.938. The lowest BCUT2D eigenvalue weighted by atomic mass is 10.1.